The van der Waals surface area contributed by atoms with E-state index in [9.17, 15) is 0 Å². The Balaban J connectivity index is 1.42. The van der Waals surface area contributed by atoms with Crippen molar-refractivity contribution < 1.29 is 4.74 Å². The number of anilines is 2. The van der Waals surface area contributed by atoms with Crippen LogP contribution in [0.5, 0.6) is 0 Å². The molecule has 2 N–H and O–H groups in total. The Bertz CT molecular complexity index is 566. The molecule has 2 fully saturated rings. The van der Waals surface area contributed by atoms with Gasteiger partial charge in [0.25, 0.3) is 0 Å². The van der Waals surface area contributed by atoms with Gasteiger partial charge in [0.05, 0.1) is 25.1 Å². The topological polar surface area (TPSA) is 52.7 Å². The van der Waals surface area contributed by atoms with Crippen LogP contribution in [0.3, 0.4) is 0 Å². The van der Waals surface area contributed by atoms with E-state index in [0.29, 0.717) is 5.11 Å². The summed E-state index contributed by atoms with van der Waals surface area (Å²) < 4.78 is 5.36. The molecule has 2 aliphatic rings. The number of rotatable bonds is 5. The van der Waals surface area contributed by atoms with Crippen molar-refractivity contribution in [3.8, 4) is 0 Å². The van der Waals surface area contributed by atoms with Crippen LogP contribution in [0.2, 0.25) is 0 Å². The molecule has 6 nitrogen and oxygen atoms in total. The van der Waals surface area contributed by atoms with Crippen molar-refractivity contribution in [2.24, 2.45) is 11.8 Å². The first-order chi connectivity index (χ1) is 12.6. The lowest BCUT2D eigenvalue weighted by Gasteiger charge is -2.35. The maximum atomic E-state index is 5.39. The molecule has 1 aromatic heterocycles. The van der Waals surface area contributed by atoms with Crippen LogP contribution in [0.25, 0.3) is 0 Å². The number of hydrogen-bond donors (Lipinski definition) is 2. The smallest absolute Gasteiger partial charge is 0.170 e. The van der Waals surface area contributed by atoms with E-state index >= 15 is 0 Å². The average molecular weight is 378 g/mol. The van der Waals surface area contributed by atoms with E-state index in [1.165, 1.54) is 6.42 Å². The van der Waals surface area contributed by atoms with Crippen molar-refractivity contribution in [2.45, 2.75) is 20.3 Å². The highest BCUT2D eigenvalue weighted by molar-refractivity contribution is 7.80. The van der Waals surface area contributed by atoms with Gasteiger partial charge in [-0.1, -0.05) is 13.8 Å². The number of nitrogens with zero attached hydrogens (tertiary/aromatic N) is 3. The Hall–Kier alpha value is -1.44. The van der Waals surface area contributed by atoms with E-state index in [-0.39, 0.29) is 0 Å². The van der Waals surface area contributed by atoms with Gasteiger partial charge >= 0.3 is 0 Å². The summed E-state index contributed by atoms with van der Waals surface area (Å²) in [6.07, 6.45) is 3.18. The molecule has 7 heteroatoms. The van der Waals surface area contributed by atoms with Crippen LogP contribution in [0, 0.1) is 11.8 Å². The maximum absolute atomic E-state index is 5.39. The van der Waals surface area contributed by atoms with Gasteiger partial charge in [-0.15, -0.1) is 0 Å². The standard InChI is InChI=1S/C19H31N5OS/c1-15-11-16(2)14-24(13-15)18-4-3-17(12-21-18)22-19(26)20-5-6-23-7-9-25-10-8-23/h3-4,12,15-16H,5-11,13-14H2,1-2H3,(H2,20,22,26)/t15-,16-/m0/s1. The van der Waals surface area contributed by atoms with Crippen LogP contribution in [-0.4, -0.2) is 67.5 Å². The molecule has 2 aliphatic heterocycles. The predicted octanol–water partition coefficient (Wildman–Crippen LogP) is 2.18. The van der Waals surface area contributed by atoms with Crippen molar-refractivity contribution in [1.29, 1.82) is 0 Å². The summed E-state index contributed by atoms with van der Waals surface area (Å²) in [5, 5.41) is 7.14. The fraction of sp³-hybridized carbons (Fsp3) is 0.684. The molecule has 144 valence electrons. The Labute approximate surface area is 162 Å². The van der Waals surface area contributed by atoms with Gasteiger partial charge in [0.2, 0.25) is 0 Å². The second-order valence-electron chi connectivity index (χ2n) is 7.59. The number of hydrogen-bond acceptors (Lipinski definition) is 5. The van der Waals surface area contributed by atoms with E-state index in [2.05, 4.69) is 51.4 Å². The molecule has 0 unspecified atom stereocenters. The number of pyridine rings is 1. The minimum atomic E-state index is 0.646. The van der Waals surface area contributed by atoms with Crippen molar-refractivity contribution in [3.63, 3.8) is 0 Å². The molecule has 3 rings (SSSR count). The highest BCUT2D eigenvalue weighted by Gasteiger charge is 2.22. The second-order valence-corrected chi connectivity index (χ2v) is 8.00. The van der Waals surface area contributed by atoms with E-state index in [1.807, 2.05) is 6.20 Å². The Morgan fingerprint density at radius 1 is 1.23 bits per heavy atom. The van der Waals surface area contributed by atoms with Crippen molar-refractivity contribution >= 4 is 28.8 Å². The van der Waals surface area contributed by atoms with Gasteiger partial charge in [-0.05, 0) is 42.6 Å². The van der Waals surface area contributed by atoms with E-state index < -0.39 is 0 Å². The lowest BCUT2D eigenvalue weighted by Crippen LogP contribution is -2.42. The van der Waals surface area contributed by atoms with E-state index in [1.54, 1.807) is 0 Å². The SMILES string of the molecule is C[C@H]1C[C@H](C)CN(c2ccc(NC(=S)NCCN3CCOCC3)cn2)C1. The molecule has 2 saturated heterocycles. The Kier molecular flexibility index (Phi) is 7.05. The summed E-state index contributed by atoms with van der Waals surface area (Å²) in [7, 11) is 0. The first-order valence-corrected chi connectivity index (χ1v) is 10.1. The normalized spacial score (nSPS) is 24.3. The quantitative estimate of drug-likeness (QED) is 0.763. The number of ether oxygens (including phenoxy) is 1. The molecule has 3 heterocycles. The monoisotopic (exact) mass is 377 g/mol. The fourth-order valence-corrected chi connectivity index (χ4v) is 4.04. The van der Waals surface area contributed by atoms with Gasteiger partial charge < -0.3 is 20.3 Å². The summed E-state index contributed by atoms with van der Waals surface area (Å²) in [5.74, 6) is 2.50. The molecule has 0 spiro atoms. The van der Waals surface area contributed by atoms with Crippen molar-refractivity contribution in [3.05, 3.63) is 18.3 Å². The summed E-state index contributed by atoms with van der Waals surface area (Å²) in [4.78, 5) is 9.41. The maximum Gasteiger partial charge on any atom is 0.170 e. The third-order valence-electron chi connectivity index (χ3n) is 5.02. The molecule has 26 heavy (non-hydrogen) atoms. The largest absolute Gasteiger partial charge is 0.379 e. The Morgan fingerprint density at radius 3 is 2.62 bits per heavy atom. The predicted molar refractivity (Wildman–Crippen MR) is 111 cm³/mol. The number of piperidine rings is 1. The van der Waals surface area contributed by atoms with Gasteiger partial charge in [0, 0.05) is 39.3 Å². The van der Waals surface area contributed by atoms with Gasteiger partial charge in [0.1, 0.15) is 5.82 Å². The van der Waals surface area contributed by atoms with Gasteiger partial charge in [-0.3, -0.25) is 4.90 Å². The Morgan fingerprint density at radius 2 is 1.96 bits per heavy atom. The van der Waals surface area contributed by atoms with Crippen LogP contribution >= 0.6 is 12.2 Å². The second kappa shape index (κ2) is 9.48. The summed E-state index contributed by atoms with van der Waals surface area (Å²) in [5.41, 5.74) is 0.927. The molecule has 0 aromatic carbocycles. The van der Waals surface area contributed by atoms with Crippen LogP contribution < -0.4 is 15.5 Å². The lowest BCUT2D eigenvalue weighted by atomic mass is 9.92. The molecule has 0 aliphatic carbocycles. The molecular weight excluding hydrogens is 346 g/mol. The van der Waals surface area contributed by atoms with Gasteiger partial charge in [-0.2, -0.15) is 0 Å². The van der Waals surface area contributed by atoms with Crippen molar-refractivity contribution in [2.75, 3.05) is 62.7 Å². The molecule has 2 atom stereocenters. The molecule has 0 amide bonds. The lowest BCUT2D eigenvalue weighted by molar-refractivity contribution is 0.0389. The third-order valence-corrected chi connectivity index (χ3v) is 5.26. The summed E-state index contributed by atoms with van der Waals surface area (Å²) in [6, 6.07) is 4.14. The van der Waals surface area contributed by atoms with Crippen LogP contribution in [0.15, 0.2) is 18.3 Å². The zero-order valence-electron chi connectivity index (χ0n) is 15.9. The zero-order chi connectivity index (χ0) is 18.4. The molecule has 0 saturated carbocycles. The number of aromatic nitrogens is 1. The fourth-order valence-electron chi connectivity index (χ4n) is 3.82. The third kappa shape index (κ3) is 5.79. The first-order valence-electron chi connectivity index (χ1n) is 9.66. The number of thiocarbonyl (C=S) groups is 1. The summed E-state index contributed by atoms with van der Waals surface area (Å²) in [6.45, 7) is 12.3. The van der Waals surface area contributed by atoms with Crippen LogP contribution in [0.1, 0.15) is 20.3 Å². The number of nitrogens with one attached hydrogen (secondary N) is 2. The average Bonchev–Trinajstić information content (AvgIpc) is 2.62. The highest BCUT2D eigenvalue weighted by Crippen LogP contribution is 2.25. The van der Waals surface area contributed by atoms with Gasteiger partial charge in [-0.25, -0.2) is 4.98 Å². The van der Waals surface area contributed by atoms with E-state index in [4.69, 9.17) is 17.0 Å². The van der Waals surface area contributed by atoms with Crippen LogP contribution in [0.4, 0.5) is 11.5 Å². The van der Waals surface area contributed by atoms with E-state index in [0.717, 1.165) is 75.8 Å². The number of morpholine rings is 1. The minimum absolute atomic E-state index is 0.646. The van der Waals surface area contributed by atoms with Gasteiger partial charge in [0.15, 0.2) is 5.11 Å². The molecule has 0 bridgehead atoms. The molecule has 1 aromatic rings. The first kappa shape index (κ1) is 19.3. The zero-order valence-corrected chi connectivity index (χ0v) is 16.7. The van der Waals surface area contributed by atoms with Crippen molar-refractivity contribution in [1.82, 2.24) is 15.2 Å². The minimum Gasteiger partial charge on any atom is -0.379 e. The highest BCUT2D eigenvalue weighted by atomic mass is 32.1. The molecule has 0 radical (unpaired) electrons. The van der Waals surface area contributed by atoms with Crippen LogP contribution in [-0.2, 0) is 4.74 Å². The molecular formula is C19H31N5OS. The summed E-state index contributed by atoms with van der Waals surface area (Å²) >= 11 is 5.39.